The molecule has 21 heavy (non-hydrogen) atoms. The SMILES string of the molecule is CN1CC[C@H](Nc2cc(Cl)ccc2OCC(F)(F)F)C1=O. The summed E-state index contributed by atoms with van der Waals surface area (Å²) in [5.74, 6) is -0.101. The summed E-state index contributed by atoms with van der Waals surface area (Å²) in [6.07, 6.45) is -3.86. The number of amides is 1. The maximum Gasteiger partial charge on any atom is 0.422 e. The molecule has 1 fully saturated rings. The molecule has 4 nitrogen and oxygen atoms in total. The number of alkyl halides is 3. The van der Waals surface area contributed by atoms with Crippen LogP contribution >= 0.6 is 11.6 Å². The molecule has 1 aliphatic rings. The van der Waals surface area contributed by atoms with Crippen LogP contribution in [-0.4, -0.2) is 43.2 Å². The van der Waals surface area contributed by atoms with E-state index >= 15 is 0 Å². The van der Waals surface area contributed by atoms with Crippen LogP contribution in [0.1, 0.15) is 6.42 Å². The van der Waals surface area contributed by atoms with Crippen molar-refractivity contribution in [2.45, 2.75) is 18.6 Å². The Bertz CT molecular complexity index is 537. The lowest BCUT2D eigenvalue weighted by atomic mass is 10.2. The van der Waals surface area contributed by atoms with E-state index in [1.165, 1.54) is 18.2 Å². The molecule has 1 aliphatic heterocycles. The van der Waals surface area contributed by atoms with E-state index in [9.17, 15) is 18.0 Å². The number of nitrogens with one attached hydrogen (secondary N) is 1. The van der Waals surface area contributed by atoms with E-state index in [1.807, 2.05) is 0 Å². The third-order valence-corrected chi connectivity index (χ3v) is 3.33. The topological polar surface area (TPSA) is 41.6 Å². The zero-order valence-corrected chi connectivity index (χ0v) is 12.0. The first-order valence-corrected chi connectivity index (χ1v) is 6.65. The van der Waals surface area contributed by atoms with Crippen molar-refractivity contribution in [3.8, 4) is 5.75 Å². The number of carbonyl (C=O) groups excluding carboxylic acids is 1. The standard InChI is InChI=1S/C13H14ClF3N2O2/c1-19-5-4-9(12(19)20)18-10-6-8(14)2-3-11(10)21-7-13(15,16)17/h2-3,6,9,18H,4-5,7H2,1H3/t9-/m0/s1. The summed E-state index contributed by atoms with van der Waals surface area (Å²) in [7, 11) is 1.67. The Kier molecular flexibility index (Phi) is 4.51. The van der Waals surface area contributed by atoms with E-state index < -0.39 is 18.8 Å². The van der Waals surface area contributed by atoms with Crippen LogP contribution in [0.15, 0.2) is 18.2 Å². The third kappa shape index (κ3) is 4.17. The second-order valence-corrected chi connectivity index (χ2v) is 5.23. The van der Waals surface area contributed by atoms with Crippen LogP contribution < -0.4 is 10.1 Å². The Balaban J connectivity index is 2.14. The average molecular weight is 323 g/mol. The van der Waals surface area contributed by atoms with E-state index in [4.69, 9.17) is 16.3 Å². The van der Waals surface area contributed by atoms with E-state index in [0.717, 1.165) is 0 Å². The van der Waals surface area contributed by atoms with Crippen molar-refractivity contribution >= 4 is 23.2 Å². The molecule has 1 atom stereocenters. The number of nitrogens with zero attached hydrogens (tertiary/aromatic N) is 1. The van der Waals surface area contributed by atoms with E-state index in [2.05, 4.69) is 5.32 Å². The van der Waals surface area contributed by atoms with E-state index in [-0.39, 0.29) is 17.3 Å². The van der Waals surface area contributed by atoms with Crippen molar-refractivity contribution in [3.63, 3.8) is 0 Å². The molecule has 1 saturated heterocycles. The lowest BCUT2D eigenvalue weighted by molar-refractivity contribution is -0.153. The molecule has 1 heterocycles. The van der Waals surface area contributed by atoms with E-state index in [0.29, 0.717) is 18.0 Å². The van der Waals surface area contributed by atoms with Gasteiger partial charge in [-0.15, -0.1) is 0 Å². The highest BCUT2D eigenvalue weighted by atomic mass is 35.5. The molecule has 0 spiro atoms. The van der Waals surface area contributed by atoms with Crippen LogP contribution in [-0.2, 0) is 4.79 Å². The molecule has 0 bridgehead atoms. The molecule has 0 aromatic heterocycles. The van der Waals surface area contributed by atoms with Gasteiger partial charge < -0.3 is 15.0 Å². The molecule has 0 radical (unpaired) electrons. The number of hydrogen-bond donors (Lipinski definition) is 1. The highest BCUT2D eigenvalue weighted by Gasteiger charge is 2.31. The molecule has 1 amide bonds. The molecule has 1 N–H and O–H groups in total. The maximum atomic E-state index is 12.2. The molecule has 0 aliphatic carbocycles. The monoisotopic (exact) mass is 322 g/mol. The molecule has 0 saturated carbocycles. The first-order chi connectivity index (χ1) is 9.76. The minimum atomic E-state index is -4.43. The van der Waals surface area contributed by atoms with Crippen molar-refractivity contribution in [1.29, 1.82) is 0 Å². The molecule has 8 heteroatoms. The van der Waals surface area contributed by atoms with Gasteiger partial charge in [-0.3, -0.25) is 4.79 Å². The molecule has 2 rings (SSSR count). The van der Waals surface area contributed by atoms with Crippen molar-refractivity contribution in [3.05, 3.63) is 23.2 Å². The zero-order valence-electron chi connectivity index (χ0n) is 11.2. The summed E-state index contributed by atoms with van der Waals surface area (Å²) < 4.78 is 41.5. The Labute approximate surface area is 124 Å². The largest absolute Gasteiger partial charge is 0.482 e. The van der Waals surface area contributed by atoms with Crippen LogP contribution in [0.25, 0.3) is 0 Å². The number of likely N-dealkylation sites (N-methyl/N-ethyl adjacent to an activating group) is 1. The van der Waals surface area contributed by atoms with Gasteiger partial charge >= 0.3 is 6.18 Å². The molecule has 1 aromatic rings. The normalized spacial score (nSPS) is 19.0. The van der Waals surface area contributed by atoms with Gasteiger partial charge in [-0.2, -0.15) is 13.2 Å². The minimum absolute atomic E-state index is 0.0130. The number of likely N-dealkylation sites (tertiary alicyclic amines) is 1. The number of anilines is 1. The van der Waals surface area contributed by atoms with Gasteiger partial charge in [-0.25, -0.2) is 0 Å². The summed E-state index contributed by atoms with van der Waals surface area (Å²) in [6, 6.07) is 3.74. The first kappa shape index (κ1) is 15.8. The summed E-state index contributed by atoms with van der Waals surface area (Å²) in [5.41, 5.74) is 0.278. The molecular weight excluding hydrogens is 309 g/mol. The highest BCUT2D eigenvalue weighted by Crippen LogP contribution is 2.31. The van der Waals surface area contributed by atoms with Crippen molar-refractivity contribution in [2.75, 3.05) is 25.5 Å². The lowest BCUT2D eigenvalue weighted by Gasteiger charge is -2.18. The lowest BCUT2D eigenvalue weighted by Crippen LogP contribution is -2.31. The Morgan fingerprint density at radius 1 is 1.48 bits per heavy atom. The van der Waals surface area contributed by atoms with Crippen LogP contribution in [0.5, 0.6) is 5.75 Å². The number of benzene rings is 1. The summed E-state index contributed by atoms with van der Waals surface area (Å²) in [5, 5.41) is 3.24. The Hall–Kier alpha value is -1.63. The fourth-order valence-electron chi connectivity index (χ4n) is 2.04. The van der Waals surface area contributed by atoms with E-state index in [1.54, 1.807) is 11.9 Å². The van der Waals surface area contributed by atoms with Gasteiger partial charge in [0.25, 0.3) is 0 Å². The predicted octanol–water partition coefficient (Wildman–Crippen LogP) is 2.92. The number of halogens is 4. The predicted molar refractivity (Wildman–Crippen MR) is 72.7 cm³/mol. The average Bonchev–Trinajstić information content (AvgIpc) is 2.69. The Morgan fingerprint density at radius 2 is 2.19 bits per heavy atom. The maximum absolute atomic E-state index is 12.2. The smallest absolute Gasteiger partial charge is 0.422 e. The fraction of sp³-hybridized carbons (Fsp3) is 0.462. The summed E-state index contributed by atoms with van der Waals surface area (Å²) in [4.78, 5) is 13.4. The van der Waals surface area contributed by atoms with Gasteiger partial charge in [0.1, 0.15) is 11.8 Å². The van der Waals surface area contributed by atoms with Gasteiger partial charge in [-0.1, -0.05) is 11.6 Å². The fourth-order valence-corrected chi connectivity index (χ4v) is 2.22. The van der Waals surface area contributed by atoms with Crippen LogP contribution in [0.4, 0.5) is 18.9 Å². The molecule has 116 valence electrons. The van der Waals surface area contributed by atoms with Gasteiger partial charge in [0.15, 0.2) is 6.61 Å². The molecular formula is C13H14ClF3N2O2. The number of ether oxygens (including phenoxy) is 1. The molecule has 0 unspecified atom stereocenters. The minimum Gasteiger partial charge on any atom is -0.482 e. The zero-order chi connectivity index (χ0) is 15.6. The highest BCUT2D eigenvalue weighted by molar-refractivity contribution is 6.30. The summed E-state index contributed by atoms with van der Waals surface area (Å²) >= 11 is 5.84. The van der Waals surface area contributed by atoms with Crippen LogP contribution in [0, 0.1) is 0 Å². The van der Waals surface area contributed by atoms with Gasteiger partial charge in [0, 0.05) is 18.6 Å². The number of hydrogen-bond acceptors (Lipinski definition) is 3. The summed E-state index contributed by atoms with van der Waals surface area (Å²) in [6.45, 7) is -0.808. The van der Waals surface area contributed by atoms with Crippen LogP contribution in [0.3, 0.4) is 0 Å². The first-order valence-electron chi connectivity index (χ1n) is 6.27. The third-order valence-electron chi connectivity index (χ3n) is 3.09. The molecule has 1 aromatic carbocycles. The van der Waals surface area contributed by atoms with Crippen molar-refractivity contribution in [2.24, 2.45) is 0 Å². The van der Waals surface area contributed by atoms with Gasteiger partial charge in [0.2, 0.25) is 5.91 Å². The van der Waals surface area contributed by atoms with Gasteiger partial charge in [0.05, 0.1) is 5.69 Å². The second-order valence-electron chi connectivity index (χ2n) is 4.79. The second kappa shape index (κ2) is 6.01. The number of rotatable bonds is 4. The van der Waals surface area contributed by atoms with Crippen molar-refractivity contribution in [1.82, 2.24) is 4.90 Å². The van der Waals surface area contributed by atoms with Crippen molar-refractivity contribution < 1.29 is 22.7 Å². The number of carbonyl (C=O) groups is 1. The Morgan fingerprint density at radius 3 is 2.76 bits per heavy atom. The quantitative estimate of drug-likeness (QED) is 0.926. The van der Waals surface area contributed by atoms with Crippen LogP contribution in [0.2, 0.25) is 5.02 Å². The van der Waals surface area contributed by atoms with Gasteiger partial charge in [-0.05, 0) is 24.6 Å².